The summed E-state index contributed by atoms with van der Waals surface area (Å²) in [6, 6.07) is 16.7. The Kier molecular flexibility index (Phi) is 10.1. The van der Waals surface area contributed by atoms with Crippen molar-refractivity contribution in [2.24, 2.45) is 5.10 Å². The van der Waals surface area contributed by atoms with E-state index < -0.39 is 12.0 Å². The molecule has 0 aromatic heterocycles. The smallest absolute Gasteiger partial charge is 0.339 e. The van der Waals surface area contributed by atoms with Gasteiger partial charge in [-0.3, -0.25) is 4.79 Å². The number of fused-ring (bicyclic) bond motifs is 1. The van der Waals surface area contributed by atoms with Crippen LogP contribution in [0, 0.1) is 0 Å². The van der Waals surface area contributed by atoms with E-state index in [0.717, 1.165) is 47.6 Å². The van der Waals surface area contributed by atoms with E-state index in [1.54, 1.807) is 40.9 Å². The molecule has 40 heavy (non-hydrogen) atoms. The molecule has 1 aliphatic rings. The molecule has 1 heterocycles. The van der Waals surface area contributed by atoms with Gasteiger partial charge in [0.05, 0.1) is 21.3 Å². The number of halogens is 2. The first kappa shape index (κ1) is 29.5. The van der Waals surface area contributed by atoms with Gasteiger partial charge in [0.2, 0.25) is 0 Å². The first-order valence-electron chi connectivity index (χ1n) is 12.8. The van der Waals surface area contributed by atoms with Crippen molar-refractivity contribution in [1.29, 1.82) is 0 Å². The molecule has 3 amide bonds. The molecule has 8 nitrogen and oxygen atoms in total. The van der Waals surface area contributed by atoms with E-state index in [9.17, 15) is 14.4 Å². The summed E-state index contributed by atoms with van der Waals surface area (Å²) < 4.78 is 0. The highest BCUT2D eigenvalue weighted by Gasteiger charge is 2.34. The van der Waals surface area contributed by atoms with Gasteiger partial charge in [0.25, 0.3) is 5.91 Å². The van der Waals surface area contributed by atoms with E-state index >= 15 is 0 Å². The average molecular weight is 600 g/mol. The van der Waals surface area contributed by atoms with Crippen LogP contribution in [0.4, 0.5) is 16.2 Å². The quantitative estimate of drug-likeness (QED) is 0.124. The fourth-order valence-corrected chi connectivity index (χ4v) is 5.41. The van der Waals surface area contributed by atoms with Crippen molar-refractivity contribution in [3.63, 3.8) is 0 Å². The number of benzene rings is 3. The van der Waals surface area contributed by atoms with E-state index in [-0.39, 0.29) is 17.2 Å². The van der Waals surface area contributed by atoms with Gasteiger partial charge >= 0.3 is 12.0 Å². The third-order valence-electron chi connectivity index (χ3n) is 6.25. The number of carboxylic acids is 1. The topological polar surface area (TPSA) is 111 Å². The standard InChI is InChI=1S/C29H28Cl2N4O4S/c1-2-3-4-14-35-25-12-10-21(40-15-13-18-5-7-19(8-6-18)28(37)38)17-22(25)26(27(35)36)33-34-29(39)32-20-9-11-23(30)24(31)16-20/h5-12,16-17H,2-4,13-15H2,1H3,(H,37,38)(H2,32,34,39)/b33-26+. The molecule has 0 unspecified atom stereocenters. The van der Waals surface area contributed by atoms with Crippen LogP contribution in [-0.2, 0) is 11.2 Å². The van der Waals surface area contributed by atoms with Crippen LogP contribution in [0.3, 0.4) is 0 Å². The number of nitrogens with zero attached hydrogens (tertiary/aromatic N) is 2. The lowest BCUT2D eigenvalue weighted by Gasteiger charge is -2.16. The third-order valence-corrected chi connectivity index (χ3v) is 7.99. The maximum absolute atomic E-state index is 13.3. The first-order valence-corrected chi connectivity index (χ1v) is 14.5. The van der Waals surface area contributed by atoms with Crippen molar-refractivity contribution < 1.29 is 19.5 Å². The number of carbonyl (C=O) groups is 3. The van der Waals surface area contributed by atoms with Crippen LogP contribution in [0.2, 0.25) is 10.0 Å². The molecule has 0 radical (unpaired) electrons. The van der Waals surface area contributed by atoms with Crippen molar-refractivity contribution in [3.8, 4) is 0 Å². The van der Waals surface area contributed by atoms with Gasteiger partial charge in [-0.15, -0.1) is 11.8 Å². The lowest BCUT2D eigenvalue weighted by Crippen LogP contribution is -2.33. The number of hydrogen-bond donors (Lipinski definition) is 3. The van der Waals surface area contributed by atoms with Gasteiger partial charge in [-0.05, 0) is 66.9 Å². The summed E-state index contributed by atoms with van der Waals surface area (Å²) in [5, 5.41) is 16.6. The van der Waals surface area contributed by atoms with Gasteiger partial charge in [-0.25, -0.2) is 15.0 Å². The zero-order valence-electron chi connectivity index (χ0n) is 21.7. The molecule has 0 bridgehead atoms. The number of carboxylic acid groups (broad SMARTS) is 1. The Morgan fingerprint density at radius 3 is 2.48 bits per heavy atom. The molecule has 0 atom stereocenters. The molecule has 208 valence electrons. The Labute approximate surface area is 246 Å². The lowest BCUT2D eigenvalue weighted by atomic mass is 10.1. The number of thioether (sulfide) groups is 1. The van der Waals surface area contributed by atoms with Crippen molar-refractivity contribution >= 4 is 70.0 Å². The Bertz CT molecular complexity index is 1450. The number of urea groups is 1. The van der Waals surface area contributed by atoms with E-state index in [1.165, 1.54) is 6.07 Å². The summed E-state index contributed by atoms with van der Waals surface area (Å²) in [7, 11) is 0. The average Bonchev–Trinajstić information content (AvgIpc) is 3.19. The number of hydrazone groups is 1. The molecule has 3 N–H and O–H groups in total. The van der Waals surface area contributed by atoms with Crippen LogP contribution in [0.15, 0.2) is 70.7 Å². The van der Waals surface area contributed by atoms with Gasteiger partial charge in [0.1, 0.15) is 0 Å². The van der Waals surface area contributed by atoms with Gasteiger partial charge in [0.15, 0.2) is 5.71 Å². The molecule has 1 aliphatic heterocycles. The number of anilines is 2. The summed E-state index contributed by atoms with van der Waals surface area (Å²) in [5.74, 6) is -0.450. The second-order valence-electron chi connectivity index (χ2n) is 9.10. The minimum atomic E-state index is -0.948. The number of amides is 3. The second kappa shape index (κ2) is 13.7. The molecule has 0 fully saturated rings. The number of unbranched alkanes of at least 4 members (excludes halogenated alkanes) is 2. The van der Waals surface area contributed by atoms with Crippen LogP contribution < -0.4 is 15.6 Å². The predicted octanol–water partition coefficient (Wildman–Crippen LogP) is 7.09. The van der Waals surface area contributed by atoms with E-state index in [1.807, 2.05) is 30.3 Å². The van der Waals surface area contributed by atoms with E-state index in [4.69, 9.17) is 28.3 Å². The molecule has 0 saturated carbocycles. The number of hydrogen-bond acceptors (Lipinski definition) is 5. The largest absolute Gasteiger partial charge is 0.478 e. The highest BCUT2D eigenvalue weighted by atomic mass is 35.5. The summed E-state index contributed by atoms with van der Waals surface area (Å²) in [6.07, 6.45) is 3.64. The summed E-state index contributed by atoms with van der Waals surface area (Å²) in [6.45, 7) is 2.67. The fourth-order valence-electron chi connectivity index (χ4n) is 4.17. The number of nitrogens with one attached hydrogen (secondary N) is 2. The Morgan fingerprint density at radius 2 is 1.77 bits per heavy atom. The zero-order valence-corrected chi connectivity index (χ0v) is 24.1. The van der Waals surface area contributed by atoms with Crippen molar-refractivity contribution in [1.82, 2.24) is 5.43 Å². The molecular weight excluding hydrogens is 571 g/mol. The predicted molar refractivity (Wildman–Crippen MR) is 161 cm³/mol. The molecule has 3 aromatic rings. The molecular formula is C29H28Cl2N4O4S. The Balaban J connectivity index is 1.48. The highest BCUT2D eigenvalue weighted by Crippen LogP contribution is 2.34. The van der Waals surface area contributed by atoms with Crippen LogP contribution in [0.5, 0.6) is 0 Å². The van der Waals surface area contributed by atoms with Crippen LogP contribution in [0.25, 0.3) is 0 Å². The minimum absolute atomic E-state index is 0.169. The van der Waals surface area contributed by atoms with Crippen molar-refractivity contribution in [2.75, 3.05) is 22.5 Å². The molecule has 0 saturated heterocycles. The monoisotopic (exact) mass is 598 g/mol. The summed E-state index contributed by atoms with van der Waals surface area (Å²) >= 11 is 13.6. The summed E-state index contributed by atoms with van der Waals surface area (Å²) in [5.41, 5.74) is 5.75. The van der Waals surface area contributed by atoms with Crippen molar-refractivity contribution in [2.45, 2.75) is 37.5 Å². The lowest BCUT2D eigenvalue weighted by molar-refractivity contribution is -0.112. The normalized spacial score (nSPS) is 13.4. The number of aromatic carboxylic acids is 1. The van der Waals surface area contributed by atoms with Gasteiger partial charge in [-0.1, -0.05) is 55.1 Å². The number of aryl methyl sites for hydroxylation is 1. The van der Waals surface area contributed by atoms with Gasteiger partial charge in [-0.2, -0.15) is 5.10 Å². The van der Waals surface area contributed by atoms with Crippen LogP contribution in [0.1, 0.15) is 47.7 Å². The zero-order chi connectivity index (χ0) is 28.6. The van der Waals surface area contributed by atoms with Crippen LogP contribution >= 0.6 is 35.0 Å². The highest BCUT2D eigenvalue weighted by molar-refractivity contribution is 7.99. The van der Waals surface area contributed by atoms with Gasteiger partial charge < -0.3 is 15.3 Å². The van der Waals surface area contributed by atoms with Crippen molar-refractivity contribution in [3.05, 3.63) is 87.4 Å². The first-order chi connectivity index (χ1) is 19.3. The molecule has 3 aromatic carbocycles. The Morgan fingerprint density at radius 1 is 1.00 bits per heavy atom. The number of rotatable bonds is 11. The van der Waals surface area contributed by atoms with E-state index in [2.05, 4.69) is 22.8 Å². The molecule has 0 aliphatic carbocycles. The molecule has 11 heteroatoms. The number of carbonyl (C=O) groups excluding carboxylic acids is 2. The van der Waals surface area contributed by atoms with Gasteiger partial charge in [0, 0.05) is 28.4 Å². The second-order valence-corrected chi connectivity index (χ2v) is 11.1. The minimum Gasteiger partial charge on any atom is -0.478 e. The van der Waals surface area contributed by atoms with E-state index in [0.29, 0.717) is 27.8 Å². The Hall–Kier alpha value is -3.53. The van der Waals surface area contributed by atoms with Crippen LogP contribution in [-0.4, -0.2) is 41.0 Å². The SMILES string of the molecule is CCCCCN1C(=O)/C(=N/NC(=O)Nc2ccc(Cl)c(Cl)c2)c2cc(SCCc3ccc(C(=O)O)cc3)ccc21. The molecule has 4 rings (SSSR count). The maximum atomic E-state index is 13.3. The fraction of sp³-hybridized carbons (Fsp3) is 0.241. The molecule has 0 spiro atoms. The summed E-state index contributed by atoms with van der Waals surface area (Å²) in [4.78, 5) is 39.6. The third kappa shape index (κ3) is 7.35. The maximum Gasteiger partial charge on any atom is 0.339 e.